The van der Waals surface area contributed by atoms with Gasteiger partial charge in [-0.05, 0) is 31.5 Å². The molecule has 0 amide bonds. The molecule has 0 fully saturated rings. The van der Waals surface area contributed by atoms with Crippen molar-refractivity contribution in [2.45, 2.75) is 32.5 Å². The highest BCUT2D eigenvalue weighted by Crippen LogP contribution is 2.25. The molecule has 0 heterocycles. The number of phenolic OH excluding ortho intramolecular Hbond substituents is 2. The highest BCUT2D eigenvalue weighted by Gasteiger charge is 2.08. The molecule has 1 aromatic rings. The first kappa shape index (κ1) is 11.8. The Balaban J connectivity index is 2.60. The van der Waals surface area contributed by atoms with Crippen molar-refractivity contribution >= 4 is 0 Å². The van der Waals surface area contributed by atoms with E-state index in [1.165, 1.54) is 12.1 Å². The van der Waals surface area contributed by atoms with Crippen LogP contribution >= 0.6 is 0 Å². The van der Waals surface area contributed by atoms with Gasteiger partial charge in [0.15, 0.2) is 11.5 Å². The zero-order valence-electron chi connectivity index (χ0n) is 8.94. The molecule has 1 unspecified atom stereocenters. The summed E-state index contributed by atoms with van der Waals surface area (Å²) >= 11 is 0. The third-order valence-corrected chi connectivity index (χ3v) is 1.99. The van der Waals surface area contributed by atoms with E-state index in [1.54, 1.807) is 6.07 Å². The molecule has 15 heavy (non-hydrogen) atoms. The SMILES string of the molecule is CC(C)NC(O)Cc1ccc(O)c(O)c1. The molecule has 1 atom stereocenters. The summed E-state index contributed by atoms with van der Waals surface area (Å²) in [4.78, 5) is 0. The van der Waals surface area contributed by atoms with Crippen LogP contribution in [0.1, 0.15) is 19.4 Å². The van der Waals surface area contributed by atoms with Crippen molar-refractivity contribution in [1.29, 1.82) is 0 Å². The van der Waals surface area contributed by atoms with Gasteiger partial charge in [0.1, 0.15) is 6.23 Å². The van der Waals surface area contributed by atoms with E-state index in [4.69, 9.17) is 5.11 Å². The highest BCUT2D eigenvalue weighted by atomic mass is 16.3. The summed E-state index contributed by atoms with van der Waals surface area (Å²) < 4.78 is 0. The Labute approximate surface area is 89.2 Å². The average molecular weight is 211 g/mol. The lowest BCUT2D eigenvalue weighted by Crippen LogP contribution is -2.36. The van der Waals surface area contributed by atoms with Gasteiger partial charge < -0.3 is 15.3 Å². The van der Waals surface area contributed by atoms with Crippen LogP contribution in [0.3, 0.4) is 0 Å². The Morgan fingerprint density at radius 3 is 2.40 bits per heavy atom. The molecular weight excluding hydrogens is 194 g/mol. The minimum absolute atomic E-state index is 0.148. The highest BCUT2D eigenvalue weighted by molar-refractivity contribution is 5.40. The van der Waals surface area contributed by atoms with Crippen LogP contribution < -0.4 is 5.32 Å². The monoisotopic (exact) mass is 211 g/mol. The fraction of sp³-hybridized carbons (Fsp3) is 0.455. The molecule has 4 N–H and O–H groups in total. The minimum Gasteiger partial charge on any atom is -0.504 e. The molecule has 0 bridgehead atoms. The van der Waals surface area contributed by atoms with E-state index in [2.05, 4.69) is 5.32 Å². The zero-order chi connectivity index (χ0) is 11.4. The molecule has 1 aromatic carbocycles. The molecule has 0 saturated carbocycles. The average Bonchev–Trinajstić information content (AvgIpc) is 2.10. The molecule has 0 aliphatic rings. The number of aliphatic hydroxyl groups excluding tert-OH is 1. The number of phenols is 2. The number of aliphatic hydroxyl groups is 1. The lowest BCUT2D eigenvalue weighted by atomic mass is 10.1. The van der Waals surface area contributed by atoms with Crippen molar-refractivity contribution in [1.82, 2.24) is 5.32 Å². The van der Waals surface area contributed by atoms with E-state index in [9.17, 15) is 10.2 Å². The van der Waals surface area contributed by atoms with Crippen molar-refractivity contribution in [2.75, 3.05) is 0 Å². The van der Waals surface area contributed by atoms with Crippen LogP contribution in [0.25, 0.3) is 0 Å². The van der Waals surface area contributed by atoms with Crippen LogP contribution in [0.4, 0.5) is 0 Å². The van der Waals surface area contributed by atoms with Gasteiger partial charge in [0.2, 0.25) is 0 Å². The van der Waals surface area contributed by atoms with E-state index >= 15 is 0 Å². The summed E-state index contributed by atoms with van der Waals surface area (Å²) in [6, 6.07) is 4.72. The van der Waals surface area contributed by atoms with Crippen molar-refractivity contribution in [3.05, 3.63) is 23.8 Å². The molecule has 4 heteroatoms. The Morgan fingerprint density at radius 2 is 1.87 bits per heavy atom. The number of rotatable bonds is 4. The van der Waals surface area contributed by atoms with Gasteiger partial charge >= 0.3 is 0 Å². The quantitative estimate of drug-likeness (QED) is 0.442. The third kappa shape index (κ3) is 3.77. The second-order valence-corrected chi connectivity index (χ2v) is 3.86. The molecule has 0 aliphatic carbocycles. The van der Waals surface area contributed by atoms with Crippen LogP contribution in [0.15, 0.2) is 18.2 Å². The smallest absolute Gasteiger partial charge is 0.157 e. The minimum atomic E-state index is -0.644. The fourth-order valence-corrected chi connectivity index (χ4v) is 1.36. The van der Waals surface area contributed by atoms with E-state index in [1.807, 2.05) is 13.8 Å². The maximum atomic E-state index is 9.58. The lowest BCUT2D eigenvalue weighted by Gasteiger charge is -2.15. The summed E-state index contributed by atoms with van der Waals surface area (Å²) in [6.07, 6.45) is -0.250. The van der Waals surface area contributed by atoms with Gasteiger partial charge in [0.05, 0.1) is 0 Å². The van der Waals surface area contributed by atoms with E-state index in [0.717, 1.165) is 5.56 Å². The normalized spacial score (nSPS) is 13.1. The van der Waals surface area contributed by atoms with Gasteiger partial charge in [-0.1, -0.05) is 6.07 Å². The van der Waals surface area contributed by atoms with Crippen molar-refractivity contribution in [2.24, 2.45) is 0 Å². The standard InChI is InChI=1S/C11H17NO3/c1-7(2)12-11(15)6-8-3-4-9(13)10(14)5-8/h3-5,7,11-15H,6H2,1-2H3. The molecule has 1 rings (SSSR count). The lowest BCUT2D eigenvalue weighted by molar-refractivity contribution is 0.127. The predicted molar refractivity (Wildman–Crippen MR) is 57.8 cm³/mol. The van der Waals surface area contributed by atoms with Crippen molar-refractivity contribution < 1.29 is 15.3 Å². The predicted octanol–water partition coefficient (Wildman–Crippen LogP) is 0.957. The molecular formula is C11H17NO3. The number of hydrogen-bond acceptors (Lipinski definition) is 4. The first-order valence-electron chi connectivity index (χ1n) is 4.94. The van der Waals surface area contributed by atoms with Crippen LogP contribution in [-0.2, 0) is 6.42 Å². The van der Waals surface area contributed by atoms with Crippen LogP contribution in [-0.4, -0.2) is 27.6 Å². The molecule has 84 valence electrons. The molecule has 0 saturated heterocycles. The van der Waals surface area contributed by atoms with Gasteiger partial charge in [-0.2, -0.15) is 0 Å². The van der Waals surface area contributed by atoms with E-state index in [-0.39, 0.29) is 17.5 Å². The maximum Gasteiger partial charge on any atom is 0.157 e. The van der Waals surface area contributed by atoms with Crippen LogP contribution in [0, 0.1) is 0 Å². The van der Waals surface area contributed by atoms with Crippen LogP contribution in [0.5, 0.6) is 11.5 Å². The molecule has 0 aliphatic heterocycles. The zero-order valence-corrected chi connectivity index (χ0v) is 8.94. The van der Waals surface area contributed by atoms with Gasteiger partial charge in [-0.15, -0.1) is 0 Å². The second-order valence-electron chi connectivity index (χ2n) is 3.86. The summed E-state index contributed by atoms with van der Waals surface area (Å²) in [5.74, 6) is -0.311. The maximum absolute atomic E-state index is 9.58. The Hall–Kier alpha value is -1.26. The van der Waals surface area contributed by atoms with Gasteiger partial charge in [-0.3, -0.25) is 5.32 Å². The van der Waals surface area contributed by atoms with Gasteiger partial charge in [-0.25, -0.2) is 0 Å². The summed E-state index contributed by atoms with van der Waals surface area (Å²) in [6.45, 7) is 3.88. The topological polar surface area (TPSA) is 72.7 Å². The number of benzene rings is 1. The summed E-state index contributed by atoms with van der Waals surface area (Å²) in [5.41, 5.74) is 0.769. The third-order valence-electron chi connectivity index (χ3n) is 1.99. The fourth-order valence-electron chi connectivity index (χ4n) is 1.36. The van der Waals surface area contributed by atoms with Crippen molar-refractivity contribution in [3.63, 3.8) is 0 Å². The summed E-state index contributed by atoms with van der Waals surface area (Å²) in [5, 5.41) is 30.9. The molecule has 0 radical (unpaired) electrons. The van der Waals surface area contributed by atoms with Gasteiger partial charge in [0, 0.05) is 12.5 Å². The number of nitrogens with one attached hydrogen (secondary N) is 1. The number of hydrogen-bond donors (Lipinski definition) is 4. The first-order chi connectivity index (χ1) is 6.99. The number of aromatic hydroxyl groups is 2. The molecule has 0 spiro atoms. The van der Waals surface area contributed by atoms with Gasteiger partial charge in [0.25, 0.3) is 0 Å². The Kier molecular flexibility index (Phi) is 3.94. The Bertz CT molecular complexity index is 326. The largest absolute Gasteiger partial charge is 0.504 e. The summed E-state index contributed by atoms with van der Waals surface area (Å²) in [7, 11) is 0. The van der Waals surface area contributed by atoms with Crippen molar-refractivity contribution in [3.8, 4) is 11.5 Å². The Morgan fingerprint density at radius 1 is 1.20 bits per heavy atom. The van der Waals surface area contributed by atoms with Crippen LogP contribution in [0.2, 0.25) is 0 Å². The molecule has 4 nitrogen and oxygen atoms in total. The second kappa shape index (κ2) is 5.00. The van der Waals surface area contributed by atoms with E-state index < -0.39 is 6.23 Å². The first-order valence-corrected chi connectivity index (χ1v) is 4.94. The molecule has 0 aromatic heterocycles. The van der Waals surface area contributed by atoms with E-state index in [0.29, 0.717) is 6.42 Å².